The fraction of sp³-hybridized carbons (Fsp3) is 0.214. The molecule has 0 spiro atoms. The molecule has 0 radical (unpaired) electrons. The lowest BCUT2D eigenvalue weighted by atomic mass is 10.2. The molecule has 0 atom stereocenters. The van der Waals surface area contributed by atoms with Gasteiger partial charge in [-0.3, -0.25) is 0 Å². The molecule has 0 bridgehead atoms. The summed E-state index contributed by atoms with van der Waals surface area (Å²) in [5.41, 5.74) is 1.72. The molecule has 0 N–H and O–H groups in total. The second kappa shape index (κ2) is 4.68. The second-order valence-electron chi connectivity index (χ2n) is 5.76. The molecule has 2 aromatic heterocycles. The predicted molar refractivity (Wildman–Crippen MR) is 84.2 cm³/mol. The van der Waals surface area contributed by atoms with E-state index in [0.717, 1.165) is 16.4 Å². The van der Waals surface area contributed by atoms with E-state index in [4.69, 9.17) is 11.6 Å². The van der Waals surface area contributed by atoms with E-state index in [1.54, 1.807) is 4.52 Å². The van der Waals surface area contributed by atoms with Crippen LogP contribution in [-0.4, -0.2) is 27.9 Å². The minimum absolute atomic E-state index is 0.550. The number of hydrogen-bond donors (Lipinski definition) is 0. The third-order valence-electron chi connectivity index (χ3n) is 3.19. The Bertz CT molecular complexity index is 762. The van der Waals surface area contributed by atoms with Crippen LogP contribution in [0.3, 0.4) is 0 Å². The van der Waals surface area contributed by atoms with Crippen molar-refractivity contribution < 1.29 is 0 Å². The summed E-state index contributed by atoms with van der Waals surface area (Å²) in [7, 11) is -1.54. The smallest absolute Gasteiger partial charge is 0.185 e. The number of rotatable bonds is 2. The van der Waals surface area contributed by atoms with Gasteiger partial charge in [0.1, 0.15) is 5.15 Å². The summed E-state index contributed by atoms with van der Waals surface area (Å²) < 4.78 is 1.71. The van der Waals surface area contributed by atoms with Crippen LogP contribution in [0.2, 0.25) is 24.8 Å². The molecule has 4 nitrogen and oxygen atoms in total. The number of benzene rings is 1. The highest BCUT2D eigenvalue weighted by atomic mass is 35.5. The van der Waals surface area contributed by atoms with Gasteiger partial charge in [-0.25, -0.2) is 0 Å². The van der Waals surface area contributed by atoms with Gasteiger partial charge < -0.3 is 0 Å². The first kappa shape index (κ1) is 13.3. The lowest BCUT2D eigenvalue weighted by molar-refractivity contribution is 0.940. The third-order valence-corrected chi connectivity index (χ3v) is 5.62. The van der Waals surface area contributed by atoms with Gasteiger partial charge >= 0.3 is 0 Å². The van der Waals surface area contributed by atoms with Crippen LogP contribution >= 0.6 is 11.6 Å². The lowest BCUT2D eigenvalue weighted by Gasteiger charge is -2.17. The minimum Gasteiger partial charge on any atom is -0.191 e. The quantitative estimate of drug-likeness (QED) is 0.684. The maximum Gasteiger partial charge on any atom is 0.185 e. The molecular formula is C14H15ClN4Si. The van der Waals surface area contributed by atoms with E-state index in [2.05, 4.69) is 34.9 Å². The Labute approximate surface area is 123 Å². The highest BCUT2D eigenvalue weighted by Gasteiger charge is 2.23. The number of hydrogen-bond acceptors (Lipinski definition) is 3. The standard InChI is InChI=1S/C14H15ClN4Si/c1-20(2,3)11-9-12-16-17-14(19(12)18-13(11)15)10-7-5-4-6-8-10/h4-9H,1-3H3. The second-order valence-corrected chi connectivity index (χ2v) is 11.2. The first-order valence-electron chi connectivity index (χ1n) is 6.45. The van der Waals surface area contributed by atoms with Gasteiger partial charge in [0.25, 0.3) is 0 Å². The van der Waals surface area contributed by atoms with Gasteiger partial charge in [0.15, 0.2) is 11.5 Å². The summed E-state index contributed by atoms with van der Waals surface area (Å²) in [6, 6.07) is 11.9. The van der Waals surface area contributed by atoms with Crippen LogP contribution in [0.25, 0.3) is 17.0 Å². The minimum atomic E-state index is -1.54. The highest BCUT2D eigenvalue weighted by molar-refractivity contribution is 6.90. The lowest BCUT2D eigenvalue weighted by Crippen LogP contribution is -2.39. The molecule has 0 saturated heterocycles. The maximum absolute atomic E-state index is 6.35. The van der Waals surface area contributed by atoms with Crippen molar-refractivity contribution in [2.24, 2.45) is 0 Å². The van der Waals surface area contributed by atoms with Crippen LogP contribution in [-0.2, 0) is 0 Å². The van der Waals surface area contributed by atoms with E-state index < -0.39 is 8.07 Å². The average molecular weight is 303 g/mol. The van der Waals surface area contributed by atoms with E-state index in [-0.39, 0.29) is 0 Å². The van der Waals surface area contributed by atoms with Crippen molar-refractivity contribution in [2.45, 2.75) is 19.6 Å². The van der Waals surface area contributed by atoms with Gasteiger partial charge in [-0.05, 0) is 11.3 Å². The Hall–Kier alpha value is -1.72. The third kappa shape index (κ3) is 2.23. The molecule has 0 unspecified atom stereocenters. The summed E-state index contributed by atoms with van der Waals surface area (Å²) in [6.45, 7) is 6.71. The van der Waals surface area contributed by atoms with Crippen molar-refractivity contribution in [2.75, 3.05) is 0 Å². The molecule has 20 heavy (non-hydrogen) atoms. The summed E-state index contributed by atoms with van der Waals surface area (Å²) >= 11 is 6.35. The van der Waals surface area contributed by atoms with Crippen LogP contribution in [0.15, 0.2) is 36.4 Å². The molecule has 6 heteroatoms. The molecule has 1 aromatic carbocycles. The number of nitrogens with zero attached hydrogens (tertiary/aromatic N) is 4. The Morgan fingerprint density at radius 2 is 1.75 bits per heavy atom. The molecule has 0 saturated carbocycles. The normalized spacial score (nSPS) is 12.0. The molecule has 0 aliphatic heterocycles. The zero-order valence-electron chi connectivity index (χ0n) is 11.6. The largest absolute Gasteiger partial charge is 0.191 e. The number of aromatic nitrogens is 4. The van der Waals surface area contributed by atoms with Crippen LogP contribution in [0, 0.1) is 0 Å². The molecule has 2 heterocycles. The molecule has 0 aliphatic carbocycles. The van der Waals surface area contributed by atoms with E-state index >= 15 is 0 Å². The van der Waals surface area contributed by atoms with E-state index in [0.29, 0.717) is 11.0 Å². The SMILES string of the molecule is C[Si](C)(C)c1cc2nnc(-c3ccccc3)n2nc1Cl. The Kier molecular flexibility index (Phi) is 3.10. The number of halogens is 1. The van der Waals surface area contributed by atoms with Gasteiger partial charge in [-0.15, -0.1) is 10.2 Å². The van der Waals surface area contributed by atoms with Crippen molar-refractivity contribution in [3.8, 4) is 11.4 Å². The van der Waals surface area contributed by atoms with Crippen molar-refractivity contribution in [3.63, 3.8) is 0 Å². The molecule has 0 aliphatic rings. The van der Waals surface area contributed by atoms with Crippen LogP contribution < -0.4 is 5.19 Å². The van der Waals surface area contributed by atoms with E-state index in [1.807, 2.05) is 36.4 Å². The molecule has 0 fully saturated rings. The average Bonchev–Trinajstić information content (AvgIpc) is 2.80. The van der Waals surface area contributed by atoms with Crippen molar-refractivity contribution in [3.05, 3.63) is 41.6 Å². The van der Waals surface area contributed by atoms with Crippen molar-refractivity contribution >= 4 is 30.5 Å². The van der Waals surface area contributed by atoms with Crippen LogP contribution in [0.1, 0.15) is 0 Å². The molecular weight excluding hydrogens is 288 g/mol. The fourth-order valence-corrected chi connectivity index (χ4v) is 4.32. The Morgan fingerprint density at radius 3 is 2.40 bits per heavy atom. The van der Waals surface area contributed by atoms with Crippen molar-refractivity contribution in [1.82, 2.24) is 19.8 Å². The summed E-state index contributed by atoms with van der Waals surface area (Å²) in [5.74, 6) is 0.713. The Balaban J connectivity index is 2.23. The molecule has 3 aromatic rings. The van der Waals surface area contributed by atoms with Gasteiger partial charge in [0, 0.05) is 5.56 Å². The highest BCUT2D eigenvalue weighted by Crippen LogP contribution is 2.18. The first-order valence-corrected chi connectivity index (χ1v) is 10.3. The fourth-order valence-electron chi connectivity index (χ4n) is 2.10. The van der Waals surface area contributed by atoms with Gasteiger partial charge in [0.05, 0.1) is 8.07 Å². The van der Waals surface area contributed by atoms with Crippen LogP contribution in [0.5, 0.6) is 0 Å². The van der Waals surface area contributed by atoms with Crippen LogP contribution in [0.4, 0.5) is 0 Å². The molecule has 3 rings (SSSR count). The maximum atomic E-state index is 6.35. The summed E-state index contributed by atoms with van der Waals surface area (Å²) in [4.78, 5) is 0. The van der Waals surface area contributed by atoms with Gasteiger partial charge in [-0.2, -0.15) is 9.61 Å². The topological polar surface area (TPSA) is 43.1 Å². The van der Waals surface area contributed by atoms with E-state index in [9.17, 15) is 0 Å². The van der Waals surface area contributed by atoms with Gasteiger partial charge in [-0.1, -0.05) is 61.6 Å². The summed E-state index contributed by atoms with van der Waals surface area (Å²) in [6.07, 6.45) is 0. The zero-order valence-corrected chi connectivity index (χ0v) is 13.4. The van der Waals surface area contributed by atoms with Gasteiger partial charge in [0.2, 0.25) is 0 Å². The number of fused-ring (bicyclic) bond motifs is 1. The monoisotopic (exact) mass is 302 g/mol. The van der Waals surface area contributed by atoms with Crippen molar-refractivity contribution in [1.29, 1.82) is 0 Å². The Morgan fingerprint density at radius 1 is 1.05 bits per heavy atom. The molecule has 0 amide bonds. The zero-order chi connectivity index (χ0) is 14.3. The summed E-state index contributed by atoms with van der Waals surface area (Å²) in [5, 5.41) is 14.6. The van der Waals surface area contributed by atoms with E-state index in [1.165, 1.54) is 0 Å². The first-order chi connectivity index (χ1) is 9.47. The molecule has 102 valence electrons. The predicted octanol–water partition coefficient (Wildman–Crippen LogP) is 2.99.